The lowest BCUT2D eigenvalue weighted by molar-refractivity contribution is 0.195. The third-order valence-electron chi connectivity index (χ3n) is 3.48. The van der Waals surface area contributed by atoms with Gasteiger partial charge in [-0.25, -0.2) is 9.37 Å². The Morgan fingerprint density at radius 2 is 2.20 bits per heavy atom. The van der Waals surface area contributed by atoms with Crippen LogP contribution in [0.25, 0.3) is 11.1 Å². The highest BCUT2D eigenvalue weighted by atomic mass is 19.1. The summed E-state index contributed by atoms with van der Waals surface area (Å²) in [5.41, 5.74) is 1.67. The van der Waals surface area contributed by atoms with Gasteiger partial charge in [0.25, 0.3) is 0 Å². The fourth-order valence-electron chi connectivity index (χ4n) is 2.43. The molecule has 1 aromatic heterocycles. The summed E-state index contributed by atoms with van der Waals surface area (Å²) in [6.07, 6.45) is 0.549. The summed E-state index contributed by atoms with van der Waals surface area (Å²) >= 11 is 0. The number of hydrogen-bond acceptors (Lipinski definition) is 5. The molecule has 1 aliphatic rings. The molecule has 2 heterocycles. The number of halogens is 1. The van der Waals surface area contributed by atoms with Gasteiger partial charge < -0.3 is 19.4 Å². The molecule has 2 aromatic rings. The molecule has 3 rings (SSSR count). The van der Waals surface area contributed by atoms with Crippen LogP contribution in [0.15, 0.2) is 16.5 Å². The Kier molecular flexibility index (Phi) is 3.84. The van der Waals surface area contributed by atoms with Crippen LogP contribution in [0.1, 0.15) is 5.89 Å². The predicted octanol–water partition coefficient (Wildman–Crippen LogP) is 1.57. The first-order valence-electron chi connectivity index (χ1n) is 6.81. The largest absolute Gasteiger partial charge is 0.438 e. The number of piperazine rings is 1. The fraction of sp³-hybridized carbons (Fsp3) is 0.500. The maximum Gasteiger partial charge on any atom is 0.197 e. The molecule has 20 heavy (non-hydrogen) atoms. The Balaban J connectivity index is 1.91. The van der Waals surface area contributed by atoms with E-state index in [0.717, 1.165) is 31.9 Å². The van der Waals surface area contributed by atoms with E-state index in [-0.39, 0.29) is 11.4 Å². The van der Waals surface area contributed by atoms with Crippen molar-refractivity contribution in [3.05, 3.63) is 23.8 Å². The van der Waals surface area contributed by atoms with E-state index < -0.39 is 0 Å². The molecule has 1 aliphatic heterocycles. The molecule has 6 heteroatoms. The maximum atomic E-state index is 14.1. The van der Waals surface area contributed by atoms with Gasteiger partial charge in [-0.15, -0.1) is 0 Å². The second-order valence-electron chi connectivity index (χ2n) is 4.86. The number of aromatic nitrogens is 1. The molecule has 0 amide bonds. The summed E-state index contributed by atoms with van der Waals surface area (Å²) in [6, 6.07) is 3.42. The monoisotopic (exact) mass is 279 g/mol. The zero-order chi connectivity index (χ0) is 13.9. The first-order chi connectivity index (χ1) is 9.78. The van der Waals surface area contributed by atoms with Gasteiger partial charge >= 0.3 is 0 Å². The topological polar surface area (TPSA) is 50.5 Å². The number of oxazole rings is 1. The first kappa shape index (κ1) is 13.3. The van der Waals surface area contributed by atoms with Crippen molar-refractivity contribution in [1.82, 2.24) is 10.3 Å². The second-order valence-corrected chi connectivity index (χ2v) is 4.86. The maximum absolute atomic E-state index is 14.1. The van der Waals surface area contributed by atoms with Crippen LogP contribution in [0.4, 0.5) is 10.1 Å². The molecule has 0 aliphatic carbocycles. The molecule has 1 N–H and O–H groups in total. The minimum atomic E-state index is -0.354. The Hall–Kier alpha value is -1.66. The van der Waals surface area contributed by atoms with Crippen molar-refractivity contribution in [2.75, 3.05) is 44.8 Å². The van der Waals surface area contributed by atoms with Crippen LogP contribution >= 0.6 is 0 Å². The summed E-state index contributed by atoms with van der Waals surface area (Å²) in [6.45, 7) is 4.09. The van der Waals surface area contributed by atoms with Crippen molar-refractivity contribution in [3.8, 4) is 0 Å². The molecule has 5 nitrogen and oxygen atoms in total. The van der Waals surface area contributed by atoms with Gasteiger partial charge in [0.1, 0.15) is 5.52 Å². The average Bonchev–Trinajstić information content (AvgIpc) is 2.89. The number of anilines is 1. The van der Waals surface area contributed by atoms with Gasteiger partial charge in [-0.1, -0.05) is 0 Å². The molecule has 0 spiro atoms. The smallest absolute Gasteiger partial charge is 0.197 e. The number of nitrogens with zero attached hydrogens (tertiary/aromatic N) is 2. The summed E-state index contributed by atoms with van der Waals surface area (Å²) < 4.78 is 24.6. The van der Waals surface area contributed by atoms with E-state index in [1.807, 2.05) is 6.07 Å². The summed E-state index contributed by atoms with van der Waals surface area (Å²) in [5.74, 6) is 0.158. The zero-order valence-electron chi connectivity index (χ0n) is 11.5. The third kappa shape index (κ3) is 2.62. The van der Waals surface area contributed by atoms with Crippen molar-refractivity contribution < 1.29 is 13.5 Å². The van der Waals surface area contributed by atoms with E-state index in [1.165, 1.54) is 6.07 Å². The highest BCUT2D eigenvalue weighted by Gasteiger charge is 2.16. The average molecular weight is 279 g/mol. The van der Waals surface area contributed by atoms with Gasteiger partial charge in [-0.3, -0.25) is 0 Å². The van der Waals surface area contributed by atoms with Crippen LogP contribution < -0.4 is 10.2 Å². The normalized spacial score (nSPS) is 16.0. The number of methoxy groups -OCH3 is 1. The van der Waals surface area contributed by atoms with Crippen LogP contribution in [0, 0.1) is 5.82 Å². The molecule has 0 saturated carbocycles. The van der Waals surface area contributed by atoms with Crippen LogP contribution in [-0.4, -0.2) is 44.9 Å². The van der Waals surface area contributed by atoms with E-state index >= 15 is 0 Å². The lowest BCUT2D eigenvalue weighted by Gasteiger charge is -2.29. The minimum Gasteiger partial charge on any atom is -0.438 e. The number of ether oxygens (including phenoxy) is 1. The van der Waals surface area contributed by atoms with Crippen molar-refractivity contribution in [2.24, 2.45) is 0 Å². The van der Waals surface area contributed by atoms with Gasteiger partial charge in [0.15, 0.2) is 17.3 Å². The lowest BCUT2D eigenvalue weighted by Crippen LogP contribution is -2.43. The van der Waals surface area contributed by atoms with Crippen LogP contribution in [0.3, 0.4) is 0 Å². The number of fused-ring (bicyclic) bond motifs is 1. The van der Waals surface area contributed by atoms with Crippen molar-refractivity contribution in [3.63, 3.8) is 0 Å². The number of nitrogens with one attached hydrogen (secondary N) is 1. The highest BCUT2D eigenvalue weighted by Crippen LogP contribution is 2.26. The summed E-state index contributed by atoms with van der Waals surface area (Å²) in [4.78, 5) is 6.49. The Morgan fingerprint density at radius 1 is 1.40 bits per heavy atom. The Bertz CT molecular complexity index is 593. The standard InChI is InChI=1S/C14H18FN3O2/c1-19-7-2-13-17-12-9-10(8-11(15)14(12)20-13)18-5-3-16-4-6-18/h8-9,16H,2-7H2,1H3. The van der Waals surface area contributed by atoms with Crippen LogP contribution in [0.2, 0.25) is 0 Å². The molecule has 1 fully saturated rings. The van der Waals surface area contributed by atoms with Crippen LogP contribution in [-0.2, 0) is 11.2 Å². The highest BCUT2D eigenvalue weighted by molar-refractivity contribution is 5.78. The van der Waals surface area contributed by atoms with Crippen LogP contribution in [0.5, 0.6) is 0 Å². The summed E-state index contributed by atoms with van der Waals surface area (Å²) in [5, 5.41) is 3.28. The van der Waals surface area contributed by atoms with Gasteiger partial charge in [-0.05, 0) is 6.07 Å². The number of rotatable bonds is 4. The third-order valence-corrected chi connectivity index (χ3v) is 3.48. The molecule has 0 radical (unpaired) electrons. The van der Waals surface area contributed by atoms with E-state index in [1.54, 1.807) is 7.11 Å². The van der Waals surface area contributed by atoms with Gasteiger partial charge in [0, 0.05) is 51.5 Å². The van der Waals surface area contributed by atoms with Gasteiger partial charge in [0.2, 0.25) is 0 Å². The molecule has 0 atom stereocenters. The number of hydrogen-bond donors (Lipinski definition) is 1. The molecular formula is C14H18FN3O2. The first-order valence-corrected chi connectivity index (χ1v) is 6.81. The second kappa shape index (κ2) is 5.76. The van der Waals surface area contributed by atoms with E-state index in [2.05, 4.69) is 15.2 Å². The Morgan fingerprint density at radius 3 is 2.95 bits per heavy atom. The van der Waals surface area contributed by atoms with E-state index in [0.29, 0.717) is 24.4 Å². The van der Waals surface area contributed by atoms with Gasteiger partial charge in [0.05, 0.1) is 6.61 Å². The molecule has 0 bridgehead atoms. The van der Waals surface area contributed by atoms with Gasteiger partial charge in [-0.2, -0.15) is 0 Å². The summed E-state index contributed by atoms with van der Waals surface area (Å²) in [7, 11) is 1.62. The lowest BCUT2D eigenvalue weighted by atomic mass is 10.2. The zero-order valence-corrected chi connectivity index (χ0v) is 11.5. The molecule has 108 valence electrons. The molecular weight excluding hydrogens is 261 g/mol. The predicted molar refractivity (Wildman–Crippen MR) is 74.6 cm³/mol. The minimum absolute atomic E-state index is 0.231. The fourth-order valence-corrected chi connectivity index (χ4v) is 2.43. The van der Waals surface area contributed by atoms with E-state index in [9.17, 15) is 4.39 Å². The van der Waals surface area contributed by atoms with E-state index in [4.69, 9.17) is 9.15 Å². The van der Waals surface area contributed by atoms with Crippen molar-refractivity contribution in [2.45, 2.75) is 6.42 Å². The Labute approximate surface area is 116 Å². The molecule has 1 aromatic carbocycles. The molecule has 0 unspecified atom stereocenters. The van der Waals surface area contributed by atoms with Crippen molar-refractivity contribution in [1.29, 1.82) is 0 Å². The molecule has 1 saturated heterocycles. The SMILES string of the molecule is COCCc1nc2cc(N3CCNCC3)cc(F)c2o1. The number of benzene rings is 1. The quantitative estimate of drug-likeness (QED) is 0.920. The van der Waals surface area contributed by atoms with Crippen molar-refractivity contribution >= 4 is 16.8 Å².